The number of hydrogen-bond acceptors (Lipinski definition) is 2. The number of pyridine rings is 1. The lowest BCUT2D eigenvalue weighted by Gasteiger charge is -2.02. The zero-order chi connectivity index (χ0) is 8.27. The summed E-state index contributed by atoms with van der Waals surface area (Å²) in [7, 11) is 0. The summed E-state index contributed by atoms with van der Waals surface area (Å²) in [6.45, 7) is 1.97. The molecule has 1 atom stereocenters. The molecule has 0 N–H and O–H groups in total. The van der Waals surface area contributed by atoms with Crippen LogP contribution < -0.4 is 0 Å². The Balaban J connectivity index is 3.15. The van der Waals surface area contributed by atoms with E-state index in [1.165, 1.54) is 0 Å². The Hall–Kier alpha value is -0.880. The van der Waals surface area contributed by atoms with Gasteiger partial charge in [-0.05, 0) is 13.0 Å². The van der Waals surface area contributed by atoms with Crippen LogP contribution in [-0.2, 0) is 0 Å². The lowest BCUT2D eigenvalue weighted by molar-refractivity contribution is 1.07. The monoisotopic (exact) mass is 210 g/mol. The summed E-state index contributed by atoms with van der Waals surface area (Å²) in [4.78, 5) is 4.11. The second-order valence-corrected chi connectivity index (χ2v) is 3.54. The summed E-state index contributed by atoms with van der Waals surface area (Å²) in [5.41, 5.74) is 1.44. The van der Waals surface area contributed by atoms with Crippen LogP contribution in [0.25, 0.3) is 0 Å². The molecule has 3 heteroatoms. The number of nitriles is 1. The summed E-state index contributed by atoms with van der Waals surface area (Å²) < 4.78 is 0. The third-order valence-corrected chi connectivity index (χ3v) is 1.87. The molecule has 0 aliphatic rings. The van der Waals surface area contributed by atoms with Crippen molar-refractivity contribution in [2.24, 2.45) is 0 Å². The van der Waals surface area contributed by atoms with E-state index < -0.39 is 0 Å². The second-order valence-electron chi connectivity index (χ2n) is 2.17. The van der Waals surface area contributed by atoms with Crippen LogP contribution in [0.1, 0.15) is 23.0 Å². The molecule has 1 heterocycles. The van der Waals surface area contributed by atoms with E-state index in [1.54, 1.807) is 6.20 Å². The number of halogens is 1. The molecule has 0 saturated carbocycles. The highest BCUT2D eigenvalue weighted by molar-refractivity contribution is 9.09. The van der Waals surface area contributed by atoms with Crippen molar-refractivity contribution in [1.29, 1.82) is 5.26 Å². The first-order chi connectivity index (χ1) is 5.25. The standard InChI is InChI=1S/C8H7BrN2/c1-6(9)7-3-2-4-11-8(7)5-10/h2-4,6H,1H3. The van der Waals surface area contributed by atoms with Crippen LogP contribution >= 0.6 is 15.9 Å². The van der Waals surface area contributed by atoms with Gasteiger partial charge in [-0.3, -0.25) is 0 Å². The minimum Gasteiger partial charge on any atom is -0.245 e. The Morgan fingerprint density at radius 3 is 2.91 bits per heavy atom. The molecule has 0 radical (unpaired) electrons. The Bertz CT molecular complexity index is 288. The summed E-state index contributed by atoms with van der Waals surface area (Å²) >= 11 is 3.38. The van der Waals surface area contributed by atoms with Crippen LogP contribution in [0.4, 0.5) is 0 Å². The molecule has 0 aliphatic heterocycles. The van der Waals surface area contributed by atoms with Crippen LogP contribution in [0.2, 0.25) is 0 Å². The van der Waals surface area contributed by atoms with Crippen LogP contribution in [-0.4, -0.2) is 4.98 Å². The van der Waals surface area contributed by atoms with Gasteiger partial charge in [0, 0.05) is 16.6 Å². The molecule has 0 aliphatic carbocycles. The van der Waals surface area contributed by atoms with E-state index in [9.17, 15) is 0 Å². The fourth-order valence-electron chi connectivity index (χ4n) is 0.832. The van der Waals surface area contributed by atoms with E-state index in [0.29, 0.717) is 5.69 Å². The average Bonchev–Trinajstić information content (AvgIpc) is 2.04. The van der Waals surface area contributed by atoms with Gasteiger partial charge in [0.25, 0.3) is 0 Å². The van der Waals surface area contributed by atoms with Crippen LogP contribution in [0.15, 0.2) is 18.3 Å². The number of aromatic nitrogens is 1. The number of hydrogen-bond donors (Lipinski definition) is 0. The van der Waals surface area contributed by atoms with E-state index in [1.807, 2.05) is 25.1 Å². The molecule has 1 rings (SSSR count). The molecule has 0 bridgehead atoms. The normalized spacial score (nSPS) is 12.1. The van der Waals surface area contributed by atoms with Crippen LogP contribution in [0.3, 0.4) is 0 Å². The van der Waals surface area contributed by atoms with Crippen molar-refractivity contribution in [3.63, 3.8) is 0 Å². The van der Waals surface area contributed by atoms with Crippen molar-refractivity contribution in [3.8, 4) is 6.07 Å². The van der Waals surface area contributed by atoms with Gasteiger partial charge in [0.15, 0.2) is 0 Å². The SMILES string of the molecule is CC(Br)c1cccnc1C#N. The Morgan fingerprint density at radius 2 is 2.45 bits per heavy atom. The highest BCUT2D eigenvalue weighted by atomic mass is 79.9. The van der Waals surface area contributed by atoms with Gasteiger partial charge in [-0.2, -0.15) is 5.26 Å². The van der Waals surface area contributed by atoms with Crippen molar-refractivity contribution in [2.45, 2.75) is 11.8 Å². The zero-order valence-electron chi connectivity index (χ0n) is 6.08. The lowest BCUT2D eigenvalue weighted by Crippen LogP contribution is -1.91. The molecule has 1 aromatic rings. The molecule has 0 amide bonds. The molecule has 1 unspecified atom stereocenters. The van der Waals surface area contributed by atoms with E-state index >= 15 is 0 Å². The van der Waals surface area contributed by atoms with Gasteiger partial charge in [0.05, 0.1) is 0 Å². The molecular formula is C8H7BrN2. The van der Waals surface area contributed by atoms with Gasteiger partial charge in [-0.15, -0.1) is 0 Å². The molecule has 0 spiro atoms. The minimum absolute atomic E-state index is 0.186. The third-order valence-electron chi connectivity index (χ3n) is 1.37. The maximum absolute atomic E-state index is 8.63. The highest BCUT2D eigenvalue weighted by Gasteiger charge is 2.06. The summed E-state index contributed by atoms with van der Waals surface area (Å²) in [6, 6.07) is 5.76. The first-order valence-corrected chi connectivity index (χ1v) is 4.16. The average molecular weight is 211 g/mol. The van der Waals surface area contributed by atoms with E-state index in [0.717, 1.165) is 5.56 Å². The van der Waals surface area contributed by atoms with E-state index in [4.69, 9.17) is 5.26 Å². The molecule has 56 valence electrons. The zero-order valence-corrected chi connectivity index (χ0v) is 7.67. The summed E-state index contributed by atoms with van der Waals surface area (Å²) in [5.74, 6) is 0. The van der Waals surface area contributed by atoms with E-state index in [-0.39, 0.29) is 4.83 Å². The van der Waals surface area contributed by atoms with Gasteiger partial charge in [0.2, 0.25) is 0 Å². The van der Waals surface area contributed by atoms with Crippen LogP contribution in [0, 0.1) is 11.3 Å². The van der Waals surface area contributed by atoms with Gasteiger partial charge in [-0.1, -0.05) is 22.0 Å². The molecular weight excluding hydrogens is 204 g/mol. The molecule has 1 aromatic heterocycles. The van der Waals surface area contributed by atoms with Crippen molar-refractivity contribution in [2.75, 3.05) is 0 Å². The van der Waals surface area contributed by atoms with Crippen molar-refractivity contribution < 1.29 is 0 Å². The van der Waals surface area contributed by atoms with Crippen LogP contribution in [0.5, 0.6) is 0 Å². The van der Waals surface area contributed by atoms with E-state index in [2.05, 4.69) is 20.9 Å². The third kappa shape index (κ3) is 1.78. The molecule has 11 heavy (non-hydrogen) atoms. The highest BCUT2D eigenvalue weighted by Crippen LogP contribution is 2.22. The van der Waals surface area contributed by atoms with Gasteiger partial charge in [-0.25, -0.2) is 4.98 Å². The molecule has 0 fully saturated rings. The predicted octanol–water partition coefficient (Wildman–Crippen LogP) is 2.41. The van der Waals surface area contributed by atoms with Gasteiger partial charge in [0.1, 0.15) is 11.8 Å². The Morgan fingerprint density at radius 1 is 1.73 bits per heavy atom. The first kappa shape index (κ1) is 8.22. The lowest BCUT2D eigenvalue weighted by atomic mass is 10.1. The number of rotatable bonds is 1. The second kappa shape index (κ2) is 3.49. The number of nitrogens with zero attached hydrogens (tertiary/aromatic N) is 2. The van der Waals surface area contributed by atoms with Crippen molar-refractivity contribution >= 4 is 15.9 Å². The predicted molar refractivity (Wildman–Crippen MR) is 46.3 cm³/mol. The largest absolute Gasteiger partial charge is 0.245 e. The summed E-state index contributed by atoms with van der Waals surface area (Å²) in [5, 5.41) is 8.63. The minimum atomic E-state index is 0.186. The van der Waals surface area contributed by atoms with Gasteiger partial charge >= 0.3 is 0 Å². The first-order valence-electron chi connectivity index (χ1n) is 3.24. The Labute approximate surface area is 74.0 Å². The topological polar surface area (TPSA) is 36.7 Å². The number of alkyl halides is 1. The van der Waals surface area contributed by atoms with Gasteiger partial charge < -0.3 is 0 Å². The summed E-state index contributed by atoms with van der Waals surface area (Å²) in [6.07, 6.45) is 1.62. The van der Waals surface area contributed by atoms with Crippen molar-refractivity contribution in [1.82, 2.24) is 4.98 Å². The maximum atomic E-state index is 8.63. The molecule has 2 nitrogen and oxygen atoms in total. The fourth-order valence-corrected chi connectivity index (χ4v) is 1.20. The van der Waals surface area contributed by atoms with Crippen molar-refractivity contribution in [3.05, 3.63) is 29.6 Å². The smallest absolute Gasteiger partial charge is 0.144 e. The molecule has 0 aromatic carbocycles. The fraction of sp³-hybridized carbons (Fsp3) is 0.250. The maximum Gasteiger partial charge on any atom is 0.144 e. The molecule has 0 saturated heterocycles. The Kier molecular flexibility index (Phi) is 2.61. The quantitative estimate of drug-likeness (QED) is 0.668.